The zero-order chi connectivity index (χ0) is 13.0. The van der Waals surface area contributed by atoms with Crippen LogP contribution in [-0.2, 0) is 6.61 Å². The number of aliphatic hydroxyl groups is 1. The monoisotopic (exact) mass is 252 g/mol. The molecular weight excluding hydrogens is 232 g/mol. The minimum Gasteiger partial charge on any atom is -0.493 e. The predicted octanol–water partition coefficient (Wildman–Crippen LogP) is 2.38. The van der Waals surface area contributed by atoms with Gasteiger partial charge in [-0.15, -0.1) is 0 Å². The SMILES string of the molecule is COc1cc(CO)cc(OC)c1OCC1CCC1. The lowest BCUT2D eigenvalue weighted by Gasteiger charge is -2.26. The van der Waals surface area contributed by atoms with E-state index in [-0.39, 0.29) is 6.61 Å². The normalized spacial score (nSPS) is 15.1. The maximum atomic E-state index is 9.18. The van der Waals surface area contributed by atoms with Crippen molar-refractivity contribution in [3.8, 4) is 17.2 Å². The van der Waals surface area contributed by atoms with Gasteiger partial charge >= 0.3 is 0 Å². The Labute approximate surface area is 107 Å². The molecular formula is C14H20O4. The fourth-order valence-corrected chi connectivity index (χ4v) is 2.03. The molecule has 1 aliphatic rings. The van der Waals surface area contributed by atoms with Gasteiger partial charge in [-0.05, 0) is 36.5 Å². The van der Waals surface area contributed by atoms with E-state index in [9.17, 15) is 5.11 Å². The van der Waals surface area contributed by atoms with Gasteiger partial charge in [0.1, 0.15) is 0 Å². The molecule has 0 unspecified atom stereocenters. The van der Waals surface area contributed by atoms with Crippen molar-refractivity contribution in [3.05, 3.63) is 17.7 Å². The smallest absolute Gasteiger partial charge is 0.203 e. The van der Waals surface area contributed by atoms with Gasteiger partial charge in [0.15, 0.2) is 11.5 Å². The maximum Gasteiger partial charge on any atom is 0.203 e. The summed E-state index contributed by atoms with van der Waals surface area (Å²) in [6.45, 7) is 0.654. The van der Waals surface area contributed by atoms with Gasteiger partial charge in [0, 0.05) is 0 Å². The Morgan fingerprint density at radius 3 is 2.17 bits per heavy atom. The zero-order valence-corrected chi connectivity index (χ0v) is 10.9. The molecule has 0 heterocycles. The van der Waals surface area contributed by atoms with Gasteiger partial charge < -0.3 is 19.3 Å². The fraction of sp³-hybridized carbons (Fsp3) is 0.571. The van der Waals surface area contributed by atoms with Gasteiger partial charge in [0.05, 0.1) is 27.4 Å². The molecule has 1 N–H and O–H groups in total. The number of hydrogen-bond donors (Lipinski definition) is 1. The topological polar surface area (TPSA) is 47.9 Å². The van der Waals surface area contributed by atoms with E-state index in [1.54, 1.807) is 26.4 Å². The van der Waals surface area contributed by atoms with Crippen LogP contribution in [0.15, 0.2) is 12.1 Å². The highest BCUT2D eigenvalue weighted by atomic mass is 16.5. The number of aliphatic hydroxyl groups excluding tert-OH is 1. The van der Waals surface area contributed by atoms with Crippen LogP contribution in [0.2, 0.25) is 0 Å². The van der Waals surface area contributed by atoms with Gasteiger partial charge in [-0.25, -0.2) is 0 Å². The van der Waals surface area contributed by atoms with Crippen molar-refractivity contribution in [3.63, 3.8) is 0 Å². The Hall–Kier alpha value is -1.42. The Bertz CT molecular complexity index is 374. The van der Waals surface area contributed by atoms with E-state index in [1.165, 1.54) is 19.3 Å². The molecule has 0 bridgehead atoms. The number of rotatable bonds is 6. The van der Waals surface area contributed by atoms with Gasteiger partial charge in [-0.1, -0.05) is 6.42 Å². The fourth-order valence-electron chi connectivity index (χ4n) is 2.03. The Morgan fingerprint density at radius 2 is 1.78 bits per heavy atom. The van der Waals surface area contributed by atoms with Crippen molar-refractivity contribution in [2.75, 3.05) is 20.8 Å². The molecule has 0 radical (unpaired) electrons. The number of ether oxygens (including phenoxy) is 3. The minimum atomic E-state index is -0.0460. The molecule has 100 valence electrons. The van der Waals surface area contributed by atoms with Crippen LogP contribution in [0.25, 0.3) is 0 Å². The third-order valence-corrected chi connectivity index (χ3v) is 3.39. The molecule has 1 aromatic carbocycles. The molecule has 0 saturated heterocycles. The third kappa shape index (κ3) is 2.70. The van der Waals surface area contributed by atoms with Crippen LogP contribution in [0.5, 0.6) is 17.2 Å². The molecule has 18 heavy (non-hydrogen) atoms. The average molecular weight is 252 g/mol. The third-order valence-electron chi connectivity index (χ3n) is 3.39. The highest BCUT2D eigenvalue weighted by Gasteiger charge is 2.20. The standard InChI is InChI=1S/C14H20O4/c1-16-12-6-11(8-15)7-13(17-2)14(12)18-9-10-4-3-5-10/h6-7,10,15H,3-5,8-9H2,1-2H3. The van der Waals surface area contributed by atoms with E-state index in [4.69, 9.17) is 14.2 Å². The summed E-state index contributed by atoms with van der Waals surface area (Å²) in [4.78, 5) is 0. The van der Waals surface area contributed by atoms with Crippen molar-refractivity contribution in [2.45, 2.75) is 25.9 Å². The van der Waals surface area contributed by atoms with Crippen LogP contribution in [-0.4, -0.2) is 25.9 Å². The van der Waals surface area contributed by atoms with Crippen molar-refractivity contribution >= 4 is 0 Å². The number of benzene rings is 1. The van der Waals surface area contributed by atoms with E-state index in [1.807, 2.05) is 0 Å². The van der Waals surface area contributed by atoms with E-state index in [2.05, 4.69) is 0 Å². The highest BCUT2D eigenvalue weighted by molar-refractivity contribution is 5.53. The molecule has 0 aromatic heterocycles. The zero-order valence-electron chi connectivity index (χ0n) is 10.9. The summed E-state index contributed by atoms with van der Waals surface area (Å²) < 4.78 is 16.4. The van der Waals surface area contributed by atoms with Crippen LogP contribution in [0, 0.1) is 5.92 Å². The van der Waals surface area contributed by atoms with Crippen molar-refractivity contribution in [1.29, 1.82) is 0 Å². The second kappa shape index (κ2) is 5.96. The lowest BCUT2D eigenvalue weighted by atomic mass is 9.86. The molecule has 1 aromatic rings. The maximum absolute atomic E-state index is 9.18. The second-order valence-corrected chi connectivity index (χ2v) is 4.60. The van der Waals surface area contributed by atoms with Gasteiger partial charge in [-0.3, -0.25) is 0 Å². The summed E-state index contributed by atoms with van der Waals surface area (Å²) in [5, 5.41) is 9.18. The summed E-state index contributed by atoms with van der Waals surface area (Å²) in [6.07, 6.45) is 3.77. The Kier molecular flexibility index (Phi) is 4.31. The summed E-state index contributed by atoms with van der Waals surface area (Å²) in [5.74, 6) is 2.50. The predicted molar refractivity (Wildman–Crippen MR) is 68.3 cm³/mol. The second-order valence-electron chi connectivity index (χ2n) is 4.60. The lowest BCUT2D eigenvalue weighted by Crippen LogP contribution is -2.19. The molecule has 0 spiro atoms. The largest absolute Gasteiger partial charge is 0.493 e. The first-order valence-corrected chi connectivity index (χ1v) is 6.27. The average Bonchev–Trinajstić information content (AvgIpc) is 2.36. The molecule has 1 aliphatic carbocycles. The summed E-state index contributed by atoms with van der Waals surface area (Å²) >= 11 is 0. The van der Waals surface area contributed by atoms with Crippen molar-refractivity contribution in [1.82, 2.24) is 0 Å². The molecule has 0 atom stereocenters. The highest BCUT2D eigenvalue weighted by Crippen LogP contribution is 2.39. The van der Waals surface area contributed by atoms with Gasteiger partial charge in [-0.2, -0.15) is 0 Å². The Morgan fingerprint density at radius 1 is 1.17 bits per heavy atom. The van der Waals surface area contributed by atoms with Crippen LogP contribution in [0.4, 0.5) is 0 Å². The summed E-state index contributed by atoms with van der Waals surface area (Å²) in [5.41, 5.74) is 0.750. The molecule has 4 nitrogen and oxygen atoms in total. The molecule has 0 amide bonds. The quantitative estimate of drug-likeness (QED) is 0.844. The number of hydrogen-bond acceptors (Lipinski definition) is 4. The van der Waals surface area contributed by atoms with Crippen LogP contribution < -0.4 is 14.2 Å². The molecule has 4 heteroatoms. The summed E-state index contributed by atoms with van der Waals surface area (Å²) in [6, 6.07) is 3.55. The molecule has 1 fully saturated rings. The summed E-state index contributed by atoms with van der Waals surface area (Å²) in [7, 11) is 3.18. The van der Waals surface area contributed by atoms with E-state index < -0.39 is 0 Å². The van der Waals surface area contributed by atoms with E-state index >= 15 is 0 Å². The molecule has 2 rings (SSSR count). The first kappa shape index (κ1) is 13.0. The first-order chi connectivity index (χ1) is 8.78. The molecule has 1 saturated carbocycles. The van der Waals surface area contributed by atoms with E-state index in [0.717, 1.165) is 5.56 Å². The lowest BCUT2D eigenvalue weighted by molar-refractivity contribution is 0.170. The molecule has 0 aliphatic heterocycles. The minimum absolute atomic E-state index is 0.0460. The van der Waals surface area contributed by atoms with Crippen molar-refractivity contribution in [2.24, 2.45) is 5.92 Å². The van der Waals surface area contributed by atoms with Crippen LogP contribution in [0.1, 0.15) is 24.8 Å². The van der Waals surface area contributed by atoms with Gasteiger partial charge in [0.25, 0.3) is 0 Å². The van der Waals surface area contributed by atoms with Gasteiger partial charge in [0.2, 0.25) is 5.75 Å². The van der Waals surface area contributed by atoms with Crippen molar-refractivity contribution < 1.29 is 19.3 Å². The van der Waals surface area contributed by atoms with E-state index in [0.29, 0.717) is 29.8 Å². The van der Waals surface area contributed by atoms with Crippen LogP contribution >= 0.6 is 0 Å². The number of methoxy groups -OCH3 is 2. The van der Waals surface area contributed by atoms with Crippen LogP contribution in [0.3, 0.4) is 0 Å². The first-order valence-electron chi connectivity index (χ1n) is 6.27. The Balaban J connectivity index is 2.18.